The van der Waals surface area contributed by atoms with Crippen LogP contribution in [0.3, 0.4) is 0 Å². The van der Waals surface area contributed by atoms with E-state index in [1.54, 1.807) is 13.8 Å². The lowest BCUT2D eigenvalue weighted by molar-refractivity contribution is 0.151. The molecule has 0 atom stereocenters. The topological polar surface area (TPSA) is 63.0 Å². The number of anilines is 2. The van der Waals surface area contributed by atoms with E-state index in [2.05, 4.69) is 21.2 Å². The van der Waals surface area contributed by atoms with Crippen molar-refractivity contribution >= 4 is 39.0 Å². The minimum absolute atomic E-state index is 0.0886. The Morgan fingerprint density at radius 1 is 1.43 bits per heavy atom. The van der Waals surface area contributed by atoms with Gasteiger partial charge in [-0.25, -0.2) is 13.2 Å². The van der Waals surface area contributed by atoms with Gasteiger partial charge in [-0.05, 0) is 26.8 Å². The fourth-order valence-electron chi connectivity index (χ4n) is 2.28. The molecule has 21 heavy (non-hydrogen) atoms. The van der Waals surface area contributed by atoms with Gasteiger partial charge in [-0.3, -0.25) is 15.7 Å². The van der Waals surface area contributed by atoms with Gasteiger partial charge in [0.05, 0.1) is 22.5 Å². The summed E-state index contributed by atoms with van der Waals surface area (Å²) in [6, 6.07) is 0.968. The quantitative estimate of drug-likeness (QED) is 0.508. The van der Waals surface area contributed by atoms with Gasteiger partial charge in [0.25, 0.3) is 6.43 Å². The van der Waals surface area contributed by atoms with Crippen molar-refractivity contribution in [2.75, 3.05) is 10.2 Å². The standard InChI is InChI=1S/C13H14BrF3N4/c1-5(18)21-10-8(11(16)17)6(14)4-7(15)9(10)20-13(2,3)12(21)19/h4,11,18-20H,1-3H3. The second-order valence-corrected chi connectivity index (χ2v) is 6.15. The van der Waals surface area contributed by atoms with E-state index in [0.29, 0.717) is 0 Å². The van der Waals surface area contributed by atoms with Gasteiger partial charge in [0.15, 0.2) is 0 Å². The Kier molecular flexibility index (Phi) is 3.77. The molecule has 1 aliphatic heterocycles. The second-order valence-electron chi connectivity index (χ2n) is 5.30. The van der Waals surface area contributed by atoms with Crippen LogP contribution in [0.15, 0.2) is 10.5 Å². The van der Waals surface area contributed by atoms with Gasteiger partial charge in [-0.1, -0.05) is 15.9 Å². The van der Waals surface area contributed by atoms with E-state index < -0.39 is 23.3 Å². The number of nitrogens with one attached hydrogen (secondary N) is 3. The Bertz CT molecular complexity index is 643. The second kappa shape index (κ2) is 5.01. The molecule has 3 N–H and O–H groups in total. The lowest BCUT2D eigenvalue weighted by Crippen LogP contribution is -2.55. The lowest BCUT2D eigenvalue weighted by Gasteiger charge is -2.43. The van der Waals surface area contributed by atoms with E-state index in [-0.39, 0.29) is 27.5 Å². The fourth-order valence-corrected chi connectivity index (χ4v) is 2.84. The number of fused-ring (bicyclic) bond motifs is 1. The monoisotopic (exact) mass is 362 g/mol. The van der Waals surface area contributed by atoms with Crippen molar-refractivity contribution in [3.05, 3.63) is 21.9 Å². The van der Waals surface area contributed by atoms with Crippen LogP contribution in [0.1, 0.15) is 32.8 Å². The minimum atomic E-state index is -2.87. The van der Waals surface area contributed by atoms with Crippen LogP contribution in [0, 0.1) is 16.6 Å². The largest absolute Gasteiger partial charge is 0.369 e. The van der Waals surface area contributed by atoms with Crippen molar-refractivity contribution in [3.8, 4) is 0 Å². The lowest BCUT2D eigenvalue weighted by atomic mass is 9.95. The van der Waals surface area contributed by atoms with Gasteiger partial charge >= 0.3 is 0 Å². The Morgan fingerprint density at radius 2 is 2.00 bits per heavy atom. The van der Waals surface area contributed by atoms with Gasteiger partial charge < -0.3 is 5.32 Å². The zero-order valence-corrected chi connectivity index (χ0v) is 13.2. The normalized spacial score (nSPS) is 16.8. The third kappa shape index (κ3) is 2.41. The molecular weight excluding hydrogens is 349 g/mol. The zero-order chi connectivity index (χ0) is 16.1. The number of hydrogen-bond acceptors (Lipinski definition) is 3. The van der Waals surface area contributed by atoms with Crippen LogP contribution in [0.5, 0.6) is 0 Å². The van der Waals surface area contributed by atoms with E-state index in [1.807, 2.05) is 0 Å². The van der Waals surface area contributed by atoms with E-state index in [0.717, 1.165) is 11.0 Å². The Labute approximate surface area is 128 Å². The molecule has 0 aromatic heterocycles. The SMILES string of the molecule is CC(=N)N1C(=N)C(C)(C)Nc2c(F)cc(Br)c(C(F)F)c21. The highest BCUT2D eigenvalue weighted by Gasteiger charge is 2.41. The number of amidine groups is 2. The molecule has 0 spiro atoms. The summed E-state index contributed by atoms with van der Waals surface area (Å²) >= 11 is 2.94. The van der Waals surface area contributed by atoms with Crippen LogP contribution in [-0.2, 0) is 0 Å². The van der Waals surface area contributed by atoms with Crippen LogP contribution in [0.4, 0.5) is 24.5 Å². The van der Waals surface area contributed by atoms with E-state index in [9.17, 15) is 13.2 Å². The molecular formula is C13H14BrF3N4. The maximum absolute atomic E-state index is 14.2. The van der Waals surface area contributed by atoms with Crippen LogP contribution in [0.2, 0.25) is 0 Å². The van der Waals surface area contributed by atoms with Gasteiger partial charge in [0.2, 0.25) is 0 Å². The molecule has 1 aromatic rings. The maximum Gasteiger partial charge on any atom is 0.267 e. The number of alkyl halides is 2. The highest BCUT2D eigenvalue weighted by Crippen LogP contribution is 2.46. The molecule has 1 aromatic carbocycles. The molecule has 0 amide bonds. The molecule has 114 valence electrons. The Morgan fingerprint density at radius 3 is 2.48 bits per heavy atom. The first-order chi connectivity index (χ1) is 9.58. The summed E-state index contributed by atoms with van der Waals surface area (Å²) in [7, 11) is 0. The predicted molar refractivity (Wildman–Crippen MR) is 80.4 cm³/mol. The Hall–Kier alpha value is -1.57. The van der Waals surface area contributed by atoms with Crippen molar-refractivity contribution in [1.82, 2.24) is 0 Å². The van der Waals surface area contributed by atoms with Gasteiger partial charge in [-0.2, -0.15) is 0 Å². The number of nitrogens with zero attached hydrogens (tertiary/aromatic N) is 1. The molecule has 8 heteroatoms. The fraction of sp³-hybridized carbons (Fsp3) is 0.385. The maximum atomic E-state index is 14.2. The van der Waals surface area contributed by atoms with Gasteiger partial charge in [0.1, 0.15) is 17.5 Å². The van der Waals surface area contributed by atoms with E-state index in [1.165, 1.54) is 6.92 Å². The van der Waals surface area contributed by atoms with Crippen molar-refractivity contribution in [2.24, 2.45) is 0 Å². The third-order valence-electron chi connectivity index (χ3n) is 3.27. The summed E-state index contributed by atoms with van der Waals surface area (Å²) in [5.74, 6) is -0.940. The molecule has 4 nitrogen and oxygen atoms in total. The minimum Gasteiger partial charge on any atom is -0.369 e. The molecule has 0 radical (unpaired) electrons. The summed E-state index contributed by atoms with van der Waals surface area (Å²) < 4.78 is 40.8. The highest BCUT2D eigenvalue weighted by atomic mass is 79.9. The number of rotatable bonds is 1. The zero-order valence-electron chi connectivity index (χ0n) is 11.6. The first kappa shape index (κ1) is 15.8. The number of halogens is 4. The first-order valence-corrected chi connectivity index (χ1v) is 6.89. The average molecular weight is 363 g/mol. The smallest absolute Gasteiger partial charge is 0.267 e. The average Bonchev–Trinajstić information content (AvgIpc) is 2.31. The molecule has 0 aliphatic carbocycles. The molecule has 0 saturated carbocycles. The number of benzene rings is 1. The van der Waals surface area contributed by atoms with Crippen LogP contribution < -0.4 is 10.2 Å². The van der Waals surface area contributed by atoms with Crippen molar-refractivity contribution < 1.29 is 13.2 Å². The van der Waals surface area contributed by atoms with Crippen molar-refractivity contribution in [1.29, 1.82) is 10.8 Å². The van der Waals surface area contributed by atoms with Gasteiger partial charge in [0, 0.05) is 4.47 Å². The highest BCUT2D eigenvalue weighted by molar-refractivity contribution is 9.10. The summed E-state index contributed by atoms with van der Waals surface area (Å²) in [6.45, 7) is 4.61. The van der Waals surface area contributed by atoms with Gasteiger partial charge in [-0.15, -0.1) is 0 Å². The van der Waals surface area contributed by atoms with Crippen molar-refractivity contribution in [3.63, 3.8) is 0 Å². The third-order valence-corrected chi connectivity index (χ3v) is 3.93. The molecule has 0 fully saturated rings. The van der Waals surface area contributed by atoms with Crippen molar-refractivity contribution in [2.45, 2.75) is 32.7 Å². The molecule has 1 heterocycles. The van der Waals surface area contributed by atoms with Crippen LogP contribution in [0.25, 0.3) is 0 Å². The summed E-state index contributed by atoms with van der Waals surface area (Å²) in [4.78, 5) is 1.04. The summed E-state index contributed by atoms with van der Waals surface area (Å²) in [5.41, 5.74) is -1.73. The summed E-state index contributed by atoms with van der Waals surface area (Å²) in [5, 5.41) is 18.7. The Balaban J connectivity index is 2.87. The number of hydrogen-bond donors (Lipinski definition) is 3. The van der Waals surface area contributed by atoms with E-state index in [4.69, 9.17) is 10.8 Å². The van der Waals surface area contributed by atoms with Crippen LogP contribution >= 0.6 is 15.9 Å². The summed E-state index contributed by atoms with van der Waals surface area (Å²) in [6.07, 6.45) is -2.87. The predicted octanol–water partition coefficient (Wildman–Crippen LogP) is 4.51. The van der Waals surface area contributed by atoms with E-state index >= 15 is 0 Å². The molecule has 0 bridgehead atoms. The first-order valence-electron chi connectivity index (χ1n) is 6.10. The molecule has 2 rings (SSSR count). The molecule has 1 aliphatic rings. The molecule has 0 saturated heterocycles. The van der Waals surface area contributed by atoms with Crippen LogP contribution in [-0.4, -0.2) is 17.2 Å². The molecule has 0 unspecified atom stereocenters.